The van der Waals surface area contributed by atoms with Crippen LogP contribution >= 0.6 is 0 Å². The third-order valence-corrected chi connectivity index (χ3v) is 3.56. The second kappa shape index (κ2) is 8.37. The number of rotatable bonds is 8. The molecule has 0 aliphatic heterocycles. The molecule has 7 nitrogen and oxygen atoms in total. The summed E-state index contributed by atoms with van der Waals surface area (Å²) in [6, 6.07) is 11.2. The maximum absolute atomic E-state index is 11.2. The summed E-state index contributed by atoms with van der Waals surface area (Å²) in [5.41, 5.74) is 1.51. The van der Waals surface area contributed by atoms with Gasteiger partial charge in [-0.3, -0.25) is 10.1 Å². The van der Waals surface area contributed by atoms with Gasteiger partial charge >= 0.3 is 5.69 Å². The number of aryl methyl sites for hydroxylation is 1. The largest absolute Gasteiger partial charge is 0.389 e. The van der Waals surface area contributed by atoms with Gasteiger partial charge in [0.15, 0.2) is 0 Å². The Hall–Kier alpha value is -2.51. The van der Waals surface area contributed by atoms with E-state index >= 15 is 0 Å². The van der Waals surface area contributed by atoms with Gasteiger partial charge in [0.1, 0.15) is 0 Å². The average Bonchev–Trinajstić information content (AvgIpc) is 2.55. The molecule has 0 radical (unpaired) electrons. The minimum absolute atomic E-state index is 0.0441. The summed E-state index contributed by atoms with van der Waals surface area (Å²) < 4.78 is 5.49. The Kier molecular flexibility index (Phi) is 6.22. The van der Waals surface area contributed by atoms with Crippen molar-refractivity contribution in [1.82, 2.24) is 4.98 Å². The van der Waals surface area contributed by atoms with Crippen molar-refractivity contribution in [2.45, 2.75) is 19.6 Å². The standard InChI is InChI=1S/C17H21N3O4/c1-13-8-9-18-17(16(13)20(22)23)19(2)10-15(21)12-24-11-14-6-4-3-5-7-14/h3-9,15,21H,10-12H2,1-2H3. The van der Waals surface area contributed by atoms with Crippen molar-refractivity contribution in [2.24, 2.45) is 0 Å². The smallest absolute Gasteiger partial charge is 0.314 e. The molecule has 1 heterocycles. The first-order valence-electron chi connectivity index (χ1n) is 7.60. The van der Waals surface area contributed by atoms with Gasteiger partial charge in [-0.05, 0) is 18.6 Å². The topological polar surface area (TPSA) is 88.7 Å². The summed E-state index contributed by atoms with van der Waals surface area (Å²) in [7, 11) is 1.66. The molecule has 0 spiro atoms. The highest BCUT2D eigenvalue weighted by atomic mass is 16.6. The molecule has 1 unspecified atom stereocenters. The molecule has 0 saturated heterocycles. The molecule has 0 aliphatic carbocycles. The lowest BCUT2D eigenvalue weighted by atomic mass is 10.2. The monoisotopic (exact) mass is 331 g/mol. The Morgan fingerprint density at radius 2 is 2.04 bits per heavy atom. The zero-order valence-corrected chi connectivity index (χ0v) is 13.8. The van der Waals surface area contributed by atoms with Crippen LogP contribution in [0.15, 0.2) is 42.6 Å². The molecule has 7 heteroatoms. The van der Waals surface area contributed by atoms with Crippen LogP contribution in [-0.2, 0) is 11.3 Å². The van der Waals surface area contributed by atoms with E-state index in [0.29, 0.717) is 12.2 Å². The Morgan fingerprint density at radius 1 is 1.33 bits per heavy atom. The number of hydrogen-bond donors (Lipinski definition) is 1. The number of likely N-dealkylation sites (N-methyl/N-ethyl adjacent to an activating group) is 1. The summed E-state index contributed by atoms with van der Waals surface area (Å²) in [4.78, 5) is 16.4. The number of benzene rings is 1. The zero-order chi connectivity index (χ0) is 17.5. The van der Waals surface area contributed by atoms with Gasteiger partial charge < -0.3 is 14.7 Å². The van der Waals surface area contributed by atoms with E-state index in [1.54, 1.807) is 24.9 Å². The molecule has 0 bridgehead atoms. The third kappa shape index (κ3) is 4.74. The second-order valence-corrected chi connectivity index (χ2v) is 5.59. The van der Waals surface area contributed by atoms with Crippen molar-refractivity contribution in [1.29, 1.82) is 0 Å². The minimum Gasteiger partial charge on any atom is -0.389 e. The number of aliphatic hydroxyl groups is 1. The Balaban J connectivity index is 1.91. The quantitative estimate of drug-likeness (QED) is 0.590. The Morgan fingerprint density at radius 3 is 2.71 bits per heavy atom. The van der Waals surface area contributed by atoms with Crippen molar-refractivity contribution in [2.75, 3.05) is 25.1 Å². The SMILES string of the molecule is Cc1ccnc(N(C)CC(O)COCc2ccccc2)c1[N+](=O)[O-]. The molecule has 128 valence electrons. The zero-order valence-electron chi connectivity index (χ0n) is 13.8. The van der Waals surface area contributed by atoms with Gasteiger partial charge in [0.25, 0.3) is 0 Å². The molecule has 2 aromatic rings. The van der Waals surface area contributed by atoms with Crippen LogP contribution in [0.25, 0.3) is 0 Å². The van der Waals surface area contributed by atoms with Crippen molar-refractivity contribution >= 4 is 11.5 Å². The molecule has 1 N–H and O–H groups in total. The molecule has 1 atom stereocenters. The number of anilines is 1. The number of nitro groups is 1. The van der Waals surface area contributed by atoms with Gasteiger partial charge in [-0.2, -0.15) is 0 Å². The van der Waals surface area contributed by atoms with E-state index in [1.807, 2.05) is 30.3 Å². The summed E-state index contributed by atoms with van der Waals surface area (Å²) >= 11 is 0. The maximum atomic E-state index is 11.2. The van der Waals surface area contributed by atoms with Gasteiger partial charge in [0.2, 0.25) is 5.82 Å². The molecule has 1 aromatic heterocycles. The van der Waals surface area contributed by atoms with Crippen LogP contribution in [0.1, 0.15) is 11.1 Å². The Labute approximate surface area is 140 Å². The summed E-state index contributed by atoms with van der Waals surface area (Å²) in [5, 5.41) is 21.3. The summed E-state index contributed by atoms with van der Waals surface area (Å²) in [6.07, 6.45) is 0.743. The van der Waals surface area contributed by atoms with E-state index in [0.717, 1.165) is 5.56 Å². The number of aromatic nitrogens is 1. The molecule has 0 aliphatic rings. The van der Waals surface area contributed by atoms with Crippen molar-refractivity contribution < 1.29 is 14.8 Å². The first-order chi connectivity index (χ1) is 11.5. The first-order valence-corrected chi connectivity index (χ1v) is 7.60. The van der Waals surface area contributed by atoms with Crippen molar-refractivity contribution in [3.05, 3.63) is 63.8 Å². The number of pyridine rings is 1. The van der Waals surface area contributed by atoms with E-state index in [2.05, 4.69) is 4.98 Å². The van der Waals surface area contributed by atoms with Crippen LogP contribution in [-0.4, -0.2) is 41.3 Å². The van der Waals surface area contributed by atoms with Crippen molar-refractivity contribution in [3.63, 3.8) is 0 Å². The van der Waals surface area contributed by atoms with Gasteiger partial charge in [0, 0.05) is 25.4 Å². The average molecular weight is 331 g/mol. The fourth-order valence-electron chi connectivity index (χ4n) is 2.38. The van der Waals surface area contributed by atoms with E-state index in [1.165, 1.54) is 6.20 Å². The third-order valence-electron chi connectivity index (χ3n) is 3.56. The highest BCUT2D eigenvalue weighted by molar-refractivity contribution is 5.61. The lowest BCUT2D eigenvalue weighted by Gasteiger charge is -2.21. The summed E-state index contributed by atoms with van der Waals surface area (Å²) in [5.74, 6) is 0.238. The summed E-state index contributed by atoms with van der Waals surface area (Å²) in [6.45, 7) is 2.39. The predicted molar refractivity (Wildman–Crippen MR) is 91.0 cm³/mol. The number of ether oxygens (including phenoxy) is 1. The highest BCUT2D eigenvalue weighted by Crippen LogP contribution is 2.28. The van der Waals surface area contributed by atoms with Crippen molar-refractivity contribution in [3.8, 4) is 0 Å². The number of nitrogens with zero attached hydrogens (tertiary/aromatic N) is 3. The highest BCUT2D eigenvalue weighted by Gasteiger charge is 2.22. The van der Waals surface area contributed by atoms with Gasteiger partial charge in [0.05, 0.1) is 24.2 Å². The van der Waals surface area contributed by atoms with Crippen LogP contribution in [0.3, 0.4) is 0 Å². The second-order valence-electron chi connectivity index (χ2n) is 5.59. The van der Waals surface area contributed by atoms with Crippen LogP contribution in [0, 0.1) is 17.0 Å². The maximum Gasteiger partial charge on any atom is 0.314 e. The predicted octanol–water partition coefficient (Wildman–Crippen LogP) is 2.31. The van der Waals surface area contributed by atoms with Crippen LogP contribution in [0.4, 0.5) is 11.5 Å². The normalized spacial score (nSPS) is 12.0. The van der Waals surface area contributed by atoms with E-state index in [9.17, 15) is 15.2 Å². The fraction of sp³-hybridized carbons (Fsp3) is 0.353. The Bertz CT molecular complexity index is 679. The van der Waals surface area contributed by atoms with Crippen LogP contribution < -0.4 is 4.90 Å². The molecule has 0 amide bonds. The number of hydrogen-bond acceptors (Lipinski definition) is 6. The molecular formula is C17H21N3O4. The molecule has 0 saturated carbocycles. The van der Waals surface area contributed by atoms with Crippen LogP contribution in [0.5, 0.6) is 0 Å². The van der Waals surface area contributed by atoms with E-state index in [4.69, 9.17) is 4.74 Å². The van der Waals surface area contributed by atoms with Gasteiger partial charge in [-0.25, -0.2) is 4.98 Å². The first kappa shape index (κ1) is 17.8. The van der Waals surface area contributed by atoms with Crippen LogP contribution in [0.2, 0.25) is 0 Å². The molecule has 2 rings (SSSR count). The number of aliphatic hydroxyl groups excluding tert-OH is 1. The van der Waals surface area contributed by atoms with E-state index < -0.39 is 11.0 Å². The van der Waals surface area contributed by atoms with E-state index in [-0.39, 0.29) is 24.7 Å². The van der Waals surface area contributed by atoms with Gasteiger partial charge in [-0.1, -0.05) is 30.3 Å². The molecule has 24 heavy (non-hydrogen) atoms. The lowest BCUT2D eigenvalue weighted by molar-refractivity contribution is -0.384. The fourth-order valence-corrected chi connectivity index (χ4v) is 2.38. The molecular weight excluding hydrogens is 310 g/mol. The minimum atomic E-state index is -0.777. The molecule has 1 aromatic carbocycles. The molecule has 0 fully saturated rings. The van der Waals surface area contributed by atoms with Gasteiger partial charge in [-0.15, -0.1) is 0 Å². The lowest BCUT2D eigenvalue weighted by Crippen LogP contribution is -2.33.